The smallest absolute Gasteiger partial charge is 0.260 e. The molecule has 4 rings (SSSR count). The molecule has 2 saturated carbocycles. The van der Waals surface area contributed by atoms with Gasteiger partial charge in [-0.2, -0.15) is 4.98 Å². The third kappa shape index (κ3) is 3.32. The molecule has 1 aromatic carbocycles. The van der Waals surface area contributed by atoms with Gasteiger partial charge in [-0.05, 0) is 31.2 Å². The lowest BCUT2D eigenvalue weighted by Gasteiger charge is -2.17. The van der Waals surface area contributed by atoms with Crippen molar-refractivity contribution in [2.45, 2.75) is 44.6 Å². The van der Waals surface area contributed by atoms with Crippen molar-refractivity contribution in [3.8, 4) is 23.0 Å². The van der Waals surface area contributed by atoms with Crippen molar-refractivity contribution >= 4 is 11.6 Å². The van der Waals surface area contributed by atoms with Gasteiger partial charge in [-0.1, -0.05) is 24.9 Å². The number of nitrogens with one attached hydrogen (secondary N) is 1. The molecule has 2 atom stereocenters. The highest BCUT2D eigenvalue weighted by atomic mass is 16.5. The summed E-state index contributed by atoms with van der Waals surface area (Å²) in [7, 11) is 3.10. The number of hydrogen-bond donors (Lipinski definition) is 2. The number of aromatic nitrogens is 2. The number of methoxy groups -OCH3 is 2. The Morgan fingerprint density at radius 1 is 1.25 bits per heavy atom. The fourth-order valence-electron chi connectivity index (χ4n) is 3.84. The van der Waals surface area contributed by atoms with Gasteiger partial charge in [0.1, 0.15) is 0 Å². The quantitative estimate of drug-likeness (QED) is 0.784. The molecule has 2 unspecified atom stereocenters. The Kier molecular flexibility index (Phi) is 4.74. The van der Waals surface area contributed by atoms with Crippen LogP contribution in [0.2, 0.25) is 0 Å². The lowest BCUT2D eigenvalue weighted by Crippen LogP contribution is -2.34. The van der Waals surface area contributed by atoms with Gasteiger partial charge in [0.25, 0.3) is 5.89 Å². The van der Waals surface area contributed by atoms with Crippen LogP contribution in [0.15, 0.2) is 16.7 Å². The number of hydrogen-bond acceptors (Lipinski definition) is 7. The van der Waals surface area contributed by atoms with Crippen LogP contribution in [0.3, 0.4) is 0 Å². The van der Waals surface area contributed by atoms with E-state index in [1.807, 2.05) is 0 Å². The minimum absolute atomic E-state index is 0.0215. The van der Waals surface area contributed by atoms with Crippen LogP contribution in [0.5, 0.6) is 11.5 Å². The summed E-state index contributed by atoms with van der Waals surface area (Å²) < 4.78 is 16.3. The Morgan fingerprint density at radius 3 is 2.50 bits per heavy atom. The number of rotatable bonds is 6. The molecule has 2 aliphatic rings. The largest absolute Gasteiger partial charge is 0.493 e. The van der Waals surface area contributed by atoms with Crippen LogP contribution in [-0.4, -0.2) is 30.3 Å². The SMILES string of the molecule is COc1cc(NC(=O)C2CC2C)c(-c2nc(C3(N)CCCC3)no2)cc1OC. The maximum absolute atomic E-state index is 12.5. The van der Waals surface area contributed by atoms with Gasteiger partial charge in [0.2, 0.25) is 5.91 Å². The Balaban J connectivity index is 1.72. The molecule has 150 valence electrons. The molecule has 1 heterocycles. The Bertz CT molecular complexity index is 888. The summed E-state index contributed by atoms with van der Waals surface area (Å²) in [4.78, 5) is 17.1. The van der Waals surface area contributed by atoms with Gasteiger partial charge >= 0.3 is 0 Å². The van der Waals surface area contributed by atoms with Crippen molar-refractivity contribution in [3.63, 3.8) is 0 Å². The van der Waals surface area contributed by atoms with Gasteiger partial charge in [-0.25, -0.2) is 0 Å². The van der Waals surface area contributed by atoms with Crippen molar-refractivity contribution in [1.82, 2.24) is 10.1 Å². The average molecular weight is 386 g/mol. The lowest BCUT2D eigenvalue weighted by molar-refractivity contribution is -0.117. The minimum Gasteiger partial charge on any atom is -0.493 e. The number of amides is 1. The van der Waals surface area contributed by atoms with Gasteiger partial charge in [0.15, 0.2) is 17.3 Å². The van der Waals surface area contributed by atoms with E-state index in [0.717, 1.165) is 32.1 Å². The van der Waals surface area contributed by atoms with Gasteiger partial charge in [0, 0.05) is 12.0 Å². The molecule has 2 aromatic rings. The first kappa shape index (κ1) is 18.7. The number of ether oxygens (including phenoxy) is 2. The fourth-order valence-corrected chi connectivity index (χ4v) is 3.84. The van der Waals surface area contributed by atoms with E-state index >= 15 is 0 Å². The van der Waals surface area contributed by atoms with E-state index in [9.17, 15) is 4.79 Å². The number of nitrogens with zero attached hydrogens (tertiary/aromatic N) is 2. The van der Waals surface area contributed by atoms with Gasteiger partial charge < -0.3 is 25.0 Å². The maximum atomic E-state index is 12.5. The van der Waals surface area contributed by atoms with Crippen LogP contribution in [0.1, 0.15) is 44.9 Å². The Hall–Kier alpha value is -2.61. The second kappa shape index (κ2) is 7.09. The van der Waals surface area contributed by atoms with E-state index in [-0.39, 0.29) is 11.8 Å². The molecule has 0 spiro atoms. The van der Waals surface area contributed by atoms with E-state index in [2.05, 4.69) is 22.4 Å². The summed E-state index contributed by atoms with van der Waals surface area (Å²) in [5.74, 6) is 2.24. The molecule has 0 bridgehead atoms. The number of benzene rings is 1. The summed E-state index contributed by atoms with van der Waals surface area (Å²) in [6, 6.07) is 3.46. The summed E-state index contributed by atoms with van der Waals surface area (Å²) in [5.41, 5.74) is 7.04. The third-order valence-electron chi connectivity index (χ3n) is 5.83. The lowest BCUT2D eigenvalue weighted by atomic mass is 9.98. The zero-order valence-electron chi connectivity index (χ0n) is 16.4. The fraction of sp³-hybridized carbons (Fsp3) is 0.550. The summed E-state index contributed by atoms with van der Waals surface area (Å²) >= 11 is 0. The van der Waals surface area contributed by atoms with Crippen molar-refractivity contribution in [1.29, 1.82) is 0 Å². The number of carbonyl (C=O) groups excluding carboxylic acids is 1. The normalized spacial score (nSPS) is 22.7. The van der Waals surface area contributed by atoms with Crippen LogP contribution in [0, 0.1) is 11.8 Å². The Morgan fingerprint density at radius 2 is 1.89 bits per heavy atom. The van der Waals surface area contributed by atoms with Crippen molar-refractivity contribution in [3.05, 3.63) is 18.0 Å². The highest BCUT2D eigenvalue weighted by molar-refractivity contribution is 5.98. The predicted molar refractivity (Wildman–Crippen MR) is 103 cm³/mol. The molecule has 1 amide bonds. The van der Waals surface area contributed by atoms with E-state index in [1.54, 1.807) is 26.4 Å². The highest BCUT2D eigenvalue weighted by Crippen LogP contribution is 2.42. The predicted octanol–water partition coefficient (Wildman–Crippen LogP) is 3.08. The van der Waals surface area contributed by atoms with Gasteiger partial charge in [0.05, 0.1) is 31.0 Å². The first-order chi connectivity index (χ1) is 13.4. The molecule has 2 aliphatic carbocycles. The molecule has 3 N–H and O–H groups in total. The van der Waals surface area contributed by atoms with Gasteiger partial charge in [-0.15, -0.1) is 0 Å². The van der Waals surface area contributed by atoms with Crippen molar-refractivity contribution < 1.29 is 18.8 Å². The molecule has 0 radical (unpaired) electrons. The first-order valence-corrected chi connectivity index (χ1v) is 9.65. The van der Waals surface area contributed by atoms with Crippen LogP contribution < -0.4 is 20.5 Å². The average Bonchev–Trinajstić information content (AvgIpc) is 3.08. The second-order valence-corrected chi connectivity index (χ2v) is 7.85. The van der Waals surface area contributed by atoms with E-state index < -0.39 is 5.54 Å². The zero-order chi connectivity index (χ0) is 19.9. The Labute approximate surface area is 163 Å². The molecule has 2 fully saturated rings. The minimum atomic E-state index is -0.550. The highest BCUT2D eigenvalue weighted by Gasteiger charge is 2.40. The first-order valence-electron chi connectivity index (χ1n) is 9.65. The number of anilines is 1. The third-order valence-corrected chi connectivity index (χ3v) is 5.83. The molecule has 8 heteroatoms. The standard InChI is InChI=1S/C20H26N4O4/c1-11-8-12(11)17(25)22-14-10-16(27-3)15(26-2)9-13(14)18-23-19(24-28-18)20(21)6-4-5-7-20/h9-12H,4-8,21H2,1-3H3,(H,22,25). The van der Waals surface area contributed by atoms with E-state index in [0.29, 0.717) is 40.4 Å². The molecule has 28 heavy (non-hydrogen) atoms. The molecule has 1 aromatic heterocycles. The van der Waals surface area contributed by atoms with Gasteiger partial charge in [-0.3, -0.25) is 4.79 Å². The van der Waals surface area contributed by atoms with E-state index in [4.69, 9.17) is 19.7 Å². The van der Waals surface area contributed by atoms with Crippen molar-refractivity contribution in [2.75, 3.05) is 19.5 Å². The summed E-state index contributed by atoms with van der Waals surface area (Å²) in [6.45, 7) is 2.06. The van der Waals surface area contributed by atoms with Crippen LogP contribution in [0.4, 0.5) is 5.69 Å². The monoisotopic (exact) mass is 386 g/mol. The number of nitrogens with two attached hydrogens (primary N) is 1. The van der Waals surface area contributed by atoms with Crippen LogP contribution in [-0.2, 0) is 10.3 Å². The molecular formula is C20H26N4O4. The zero-order valence-corrected chi connectivity index (χ0v) is 16.4. The summed E-state index contributed by atoms with van der Waals surface area (Å²) in [5, 5.41) is 7.11. The van der Waals surface area contributed by atoms with Crippen LogP contribution in [0.25, 0.3) is 11.5 Å². The van der Waals surface area contributed by atoms with Crippen molar-refractivity contribution in [2.24, 2.45) is 17.6 Å². The summed E-state index contributed by atoms with van der Waals surface area (Å²) in [6.07, 6.45) is 4.67. The van der Waals surface area contributed by atoms with E-state index in [1.165, 1.54) is 0 Å². The molecular weight excluding hydrogens is 360 g/mol. The van der Waals surface area contributed by atoms with Crippen LogP contribution >= 0.6 is 0 Å². The molecule has 0 aliphatic heterocycles. The topological polar surface area (TPSA) is 112 Å². The maximum Gasteiger partial charge on any atom is 0.260 e. The number of carbonyl (C=O) groups is 1. The second-order valence-electron chi connectivity index (χ2n) is 7.85. The molecule has 0 saturated heterocycles. The molecule has 8 nitrogen and oxygen atoms in total.